The van der Waals surface area contributed by atoms with Crippen molar-refractivity contribution in [1.29, 1.82) is 0 Å². The van der Waals surface area contributed by atoms with Crippen LogP contribution in [-0.4, -0.2) is 38.3 Å². The van der Waals surface area contributed by atoms with E-state index in [1.165, 1.54) is 0 Å². The number of carbonyl (C=O) groups is 3. The van der Waals surface area contributed by atoms with Crippen LogP contribution in [0.2, 0.25) is 0 Å². The second-order valence-corrected chi connectivity index (χ2v) is 3.00. The molecule has 0 bridgehead atoms. The van der Waals surface area contributed by atoms with E-state index in [-0.39, 0.29) is 25.2 Å². The Morgan fingerprint density at radius 1 is 1.24 bits per heavy atom. The number of carboxylic acids is 2. The van der Waals surface area contributed by atoms with Crippen LogP contribution in [0.15, 0.2) is 12.3 Å². The van der Waals surface area contributed by atoms with E-state index in [2.05, 4.69) is 10.2 Å². The number of primary amides is 1. The summed E-state index contributed by atoms with van der Waals surface area (Å²) in [6, 6.07) is 1.71. The molecule has 0 aliphatic carbocycles. The number of H-pyrrole nitrogens is 1. The minimum atomic E-state index is -1.08. The predicted molar refractivity (Wildman–Crippen MR) is 56.0 cm³/mol. The summed E-state index contributed by atoms with van der Waals surface area (Å²) < 4.78 is 0. The summed E-state index contributed by atoms with van der Waals surface area (Å²) in [6.07, 6.45) is 1.27. The summed E-state index contributed by atoms with van der Waals surface area (Å²) in [5, 5.41) is 22.1. The third-order valence-electron chi connectivity index (χ3n) is 1.47. The van der Waals surface area contributed by atoms with Crippen molar-refractivity contribution >= 4 is 17.8 Å². The fourth-order valence-electron chi connectivity index (χ4n) is 0.782. The van der Waals surface area contributed by atoms with E-state index in [0.717, 1.165) is 0 Å². The number of hydrogen-bond donors (Lipinski definition) is 4. The normalized spacial score (nSPS) is 8.94. The van der Waals surface area contributed by atoms with E-state index >= 15 is 0 Å². The number of nitrogens with zero attached hydrogens (tertiary/aromatic N) is 1. The van der Waals surface area contributed by atoms with E-state index in [4.69, 9.17) is 15.9 Å². The molecule has 8 heteroatoms. The SMILES string of the molecule is NC(=O)Cc1cc[nH]n1.O=C(O)CCC(=O)O. The van der Waals surface area contributed by atoms with Gasteiger partial charge in [-0.3, -0.25) is 19.5 Å². The van der Waals surface area contributed by atoms with E-state index in [1.807, 2.05) is 0 Å². The van der Waals surface area contributed by atoms with Gasteiger partial charge in [0.05, 0.1) is 25.0 Å². The second kappa shape index (κ2) is 7.85. The molecule has 5 N–H and O–H groups in total. The summed E-state index contributed by atoms with van der Waals surface area (Å²) in [5.41, 5.74) is 5.57. The maximum absolute atomic E-state index is 10.2. The lowest BCUT2D eigenvalue weighted by Crippen LogP contribution is -2.13. The van der Waals surface area contributed by atoms with Gasteiger partial charge in [-0.15, -0.1) is 0 Å². The fraction of sp³-hybridized carbons (Fsp3) is 0.333. The Morgan fingerprint density at radius 2 is 1.76 bits per heavy atom. The first kappa shape index (κ1) is 14.6. The first-order valence-electron chi connectivity index (χ1n) is 4.62. The largest absolute Gasteiger partial charge is 0.481 e. The van der Waals surface area contributed by atoms with Gasteiger partial charge in [0.15, 0.2) is 0 Å². The van der Waals surface area contributed by atoms with Crippen LogP contribution in [-0.2, 0) is 20.8 Å². The fourth-order valence-corrected chi connectivity index (χ4v) is 0.782. The molecule has 1 aromatic heterocycles. The zero-order chi connectivity index (χ0) is 13.3. The molecule has 8 nitrogen and oxygen atoms in total. The highest BCUT2D eigenvalue weighted by molar-refractivity contribution is 5.76. The molecule has 0 aliphatic rings. The van der Waals surface area contributed by atoms with Gasteiger partial charge in [-0.25, -0.2) is 0 Å². The molecule has 1 heterocycles. The highest BCUT2D eigenvalue weighted by atomic mass is 16.4. The first-order chi connectivity index (χ1) is 7.91. The van der Waals surface area contributed by atoms with Gasteiger partial charge in [0.25, 0.3) is 0 Å². The van der Waals surface area contributed by atoms with Gasteiger partial charge in [-0.1, -0.05) is 0 Å². The molecule has 0 atom stereocenters. The molecule has 0 aliphatic heterocycles. The van der Waals surface area contributed by atoms with Gasteiger partial charge < -0.3 is 15.9 Å². The molecular formula is C9H13N3O5. The third kappa shape index (κ3) is 9.91. The van der Waals surface area contributed by atoms with Crippen LogP contribution in [0.25, 0.3) is 0 Å². The summed E-state index contributed by atoms with van der Waals surface area (Å²) >= 11 is 0. The lowest BCUT2D eigenvalue weighted by atomic mass is 10.3. The van der Waals surface area contributed by atoms with Crippen molar-refractivity contribution in [3.05, 3.63) is 18.0 Å². The average molecular weight is 243 g/mol. The molecule has 94 valence electrons. The van der Waals surface area contributed by atoms with Gasteiger partial charge in [-0.05, 0) is 6.07 Å². The monoisotopic (exact) mass is 243 g/mol. The summed E-state index contributed by atoms with van der Waals surface area (Å²) in [4.78, 5) is 29.5. The van der Waals surface area contributed by atoms with E-state index in [1.54, 1.807) is 12.3 Å². The van der Waals surface area contributed by atoms with Gasteiger partial charge in [0, 0.05) is 6.20 Å². The van der Waals surface area contributed by atoms with Crippen LogP contribution < -0.4 is 5.73 Å². The van der Waals surface area contributed by atoms with Gasteiger partial charge in [0.2, 0.25) is 5.91 Å². The van der Waals surface area contributed by atoms with Crippen molar-refractivity contribution in [3.63, 3.8) is 0 Å². The van der Waals surface area contributed by atoms with Crippen molar-refractivity contribution in [1.82, 2.24) is 10.2 Å². The zero-order valence-corrected chi connectivity index (χ0v) is 8.92. The smallest absolute Gasteiger partial charge is 0.303 e. The zero-order valence-electron chi connectivity index (χ0n) is 8.92. The molecular weight excluding hydrogens is 230 g/mol. The molecule has 0 unspecified atom stereocenters. The summed E-state index contributed by atoms with van der Waals surface area (Å²) in [5.74, 6) is -2.51. The van der Waals surface area contributed by atoms with Crippen LogP contribution in [0, 0.1) is 0 Å². The van der Waals surface area contributed by atoms with Gasteiger partial charge in [-0.2, -0.15) is 5.10 Å². The lowest BCUT2D eigenvalue weighted by molar-refractivity contribution is -0.143. The number of carbonyl (C=O) groups excluding carboxylic acids is 1. The van der Waals surface area contributed by atoms with Crippen LogP contribution in [0.5, 0.6) is 0 Å². The molecule has 0 spiro atoms. The Bertz CT molecular complexity index is 360. The Balaban J connectivity index is 0.000000304. The van der Waals surface area contributed by atoms with Crippen molar-refractivity contribution in [3.8, 4) is 0 Å². The number of hydrogen-bond acceptors (Lipinski definition) is 4. The molecule has 0 aromatic carbocycles. The third-order valence-corrected chi connectivity index (χ3v) is 1.47. The molecule has 1 rings (SSSR count). The van der Waals surface area contributed by atoms with Crippen molar-refractivity contribution < 1.29 is 24.6 Å². The minimum Gasteiger partial charge on any atom is -0.481 e. The highest BCUT2D eigenvalue weighted by Gasteiger charge is 2.00. The highest BCUT2D eigenvalue weighted by Crippen LogP contribution is 1.90. The standard InChI is InChI=1S/C5H7N3O.C4H6O4/c6-5(9)3-4-1-2-7-8-4;5-3(6)1-2-4(7)8/h1-2H,3H2,(H2,6,9)(H,7,8);1-2H2,(H,5,6)(H,7,8). The maximum atomic E-state index is 10.2. The van der Waals surface area contributed by atoms with Crippen molar-refractivity contribution in [2.45, 2.75) is 19.3 Å². The van der Waals surface area contributed by atoms with E-state index in [9.17, 15) is 14.4 Å². The topological polar surface area (TPSA) is 146 Å². The van der Waals surface area contributed by atoms with Crippen LogP contribution in [0.3, 0.4) is 0 Å². The molecule has 0 saturated carbocycles. The Hall–Kier alpha value is -2.38. The van der Waals surface area contributed by atoms with E-state index in [0.29, 0.717) is 5.69 Å². The number of aromatic nitrogens is 2. The van der Waals surface area contributed by atoms with E-state index < -0.39 is 11.9 Å². The van der Waals surface area contributed by atoms with Crippen LogP contribution in [0.4, 0.5) is 0 Å². The molecule has 1 aromatic rings. The number of rotatable bonds is 5. The Morgan fingerprint density at radius 3 is 2.06 bits per heavy atom. The summed E-state index contributed by atoms with van der Waals surface area (Å²) in [7, 11) is 0. The molecule has 1 amide bonds. The lowest BCUT2D eigenvalue weighted by Gasteiger charge is -1.85. The van der Waals surface area contributed by atoms with Crippen LogP contribution >= 0.6 is 0 Å². The molecule has 0 radical (unpaired) electrons. The van der Waals surface area contributed by atoms with Crippen molar-refractivity contribution in [2.75, 3.05) is 0 Å². The average Bonchev–Trinajstić information content (AvgIpc) is 2.67. The van der Waals surface area contributed by atoms with Crippen molar-refractivity contribution in [2.24, 2.45) is 5.73 Å². The van der Waals surface area contributed by atoms with Crippen LogP contribution in [0.1, 0.15) is 18.5 Å². The summed E-state index contributed by atoms with van der Waals surface area (Å²) in [6.45, 7) is 0. The van der Waals surface area contributed by atoms with Gasteiger partial charge in [0.1, 0.15) is 0 Å². The number of aliphatic carboxylic acids is 2. The van der Waals surface area contributed by atoms with Gasteiger partial charge >= 0.3 is 11.9 Å². The maximum Gasteiger partial charge on any atom is 0.303 e. The number of aromatic amines is 1. The number of nitrogens with two attached hydrogens (primary N) is 1. The first-order valence-corrected chi connectivity index (χ1v) is 4.62. The molecule has 17 heavy (non-hydrogen) atoms. The number of nitrogens with one attached hydrogen (secondary N) is 1. The quantitative estimate of drug-likeness (QED) is 0.541. The Kier molecular flexibility index (Phi) is 6.75. The number of carboxylic acid groups (broad SMARTS) is 2. The number of amides is 1. The predicted octanol–water partition coefficient (Wildman–Crippen LogP) is -0.627. The second-order valence-electron chi connectivity index (χ2n) is 3.00. The molecule has 0 fully saturated rings. The minimum absolute atomic E-state index is 0.212. The Labute approximate surface area is 96.4 Å². The molecule has 0 saturated heterocycles.